The summed E-state index contributed by atoms with van der Waals surface area (Å²) in [5, 5.41) is 8.43. The average molecular weight is 382 g/mol. The van der Waals surface area contributed by atoms with E-state index in [0.717, 1.165) is 23.5 Å². The number of carboxylic acid groups (broad SMARTS) is 1. The number of hydrogen-bond donors (Lipinski definition) is 2. The van der Waals surface area contributed by atoms with Gasteiger partial charge in [-0.25, -0.2) is 13.6 Å². The lowest BCUT2D eigenvalue weighted by Gasteiger charge is -2.36. The first kappa shape index (κ1) is 18.9. The van der Waals surface area contributed by atoms with Crippen LogP contribution in [0.2, 0.25) is 0 Å². The minimum atomic E-state index is -1.69. The molecular weight excluding hydrogens is 362 g/mol. The van der Waals surface area contributed by atoms with Crippen LogP contribution in [0.15, 0.2) is 17.1 Å². The highest BCUT2D eigenvalue weighted by atomic mass is 19.1. The largest absolute Gasteiger partial charge is 0.511 e. The van der Waals surface area contributed by atoms with Crippen LogP contribution in [0.5, 0.6) is 5.75 Å². The van der Waals surface area contributed by atoms with Crippen molar-refractivity contribution in [2.75, 3.05) is 50.1 Å². The molecule has 3 rings (SSSR count). The van der Waals surface area contributed by atoms with Gasteiger partial charge in [0.05, 0.1) is 11.6 Å². The number of carbonyl (C=O) groups is 1. The molecule has 10 heteroatoms. The van der Waals surface area contributed by atoms with Gasteiger partial charge in [0.25, 0.3) is 0 Å². The van der Waals surface area contributed by atoms with Gasteiger partial charge in [0, 0.05) is 33.2 Å². The maximum Gasteiger partial charge on any atom is 0.511 e. The third kappa shape index (κ3) is 3.39. The van der Waals surface area contributed by atoms with E-state index in [9.17, 15) is 14.0 Å². The van der Waals surface area contributed by atoms with Crippen molar-refractivity contribution in [1.82, 2.24) is 9.58 Å². The highest BCUT2D eigenvalue weighted by Gasteiger charge is 2.26. The number of nitrogens with zero attached hydrogens (tertiary/aromatic N) is 3. The van der Waals surface area contributed by atoms with E-state index in [1.807, 2.05) is 6.92 Å². The number of aromatic nitrogens is 1. The Morgan fingerprint density at radius 1 is 1.30 bits per heavy atom. The molecule has 0 aliphatic carbocycles. The second-order valence-corrected chi connectivity index (χ2v) is 6.12. The Morgan fingerprint density at radius 2 is 1.96 bits per heavy atom. The quantitative estimate of drug-likeness (QED) is 0.778. The molecule has 0 radical (unpaired) electrons. The number of benzene rings is 1. The van der Waals surface area contributed by atoms with Crippen LogP contribution in [0.4, 0.5) is 19.3 Å². The zero-order valence-electron chi connectivity index (χ0n) is 15.0. The van der Waals surface area contributed by atoms with Gasteiger partial charge in [0.2, 0.25) is 11.2 Å². The number of hydrogen-bond acceptors (Lipinski definition) is 6. The van der Waals surface area contributed by atoms with E-state index in [-0.39, 0.29) is 16.6 Å². The van der Waals surface area contributed by atoms with Crippen molar-refractivity contribution in [3.63, 3.8) is 0 Å². The predicted molar refractivity (Wildman–Crippen MR) is 96.4 cm³/mol. The zero-order chi connectivity index (χ0) is 19.7. The maximum atomic E-state index is 15.3. The van der Waals surface area contributed by atoms with Crippen LogP contribution in [0.1, 0.15) is 6.92 Å². The Balaban J connectivity index is 2.16. The van der Waals surface area contributed by atoms with Gasteiger partial charge < -0.3 is 25.1 Å². The molecule has 0 bridgehead atoms. The predicted octanol–water partition coefficient (Wildman–Crippen LogP) is 1.65. The molecule has 27 heavy (non-hydrogen) atoms. The van der Waals surface area contributed by atoms with Crippen molar-refractivity contribution in [2.24, 2.45) is 0 Å². The second-order valence-electron chi connectivity index (χ2n) is 6.12. The summed E-state index contributed by atoms with van der Waals surface area (Å²) in [6.45, 7) is 5.15. The maximum absolute atomic E-state index is 15.3. The number of fused-ring (bicyclic) bond motifs is 1. The molecule has 1 saturated heterocycles. The summed E-state index contributed by atoms with van der Waals surface area (Å²) in [6, 6.07) is 0.921. The molecule has 1 aliphatic rings. The fourth-order valence-electron chi connectivity index (χ4n) is 3.30. The smallest absolute Gasteiger partial charge is 0.449 e. The van der Waals surface area contributed by atoms with E-state index in [1.54, 1.807) is 4.90 Å². The molecule has 2 aromatic rings. The topological polar surface area (TPSA) is 87.0 Å². The summed E-state index contributed by atoms with van der Waals surface area (Å²) in [7, 11) is 1.46. The van der Waals surface area contributed by atoms with Crippen molar-refractivity contribution in [3.05, 3.63) is 34.1 Å². The minimum Gasteiger partial charge on any atom is -0.449 e. The number of pyridine rings is 1. The Bertz CT molecular complexity index is 939. The summed E-state index contributed by atoms with van der Waals surface area (Å²) in [4.78, 5) is 27.0. The Morgan fingerprint density at radius 3 is 2.52 bits per heavy atom. The molecule has 0 saturated carbocycles. The number of piperazine rings is 1. The summed E-state index contributed by atoms with van der Waals surface area (Å²) < 4.78 is 35.5. The summed E-state index contributed by atoms with van der Waals surface area (Å²) >= 11 is 0. The number of likely N-dealkylation sites (N-methyl/N-ethyl adjacent to an activating group) is 1. The van der Waals surface area contributed by atoms with Crippen molar-refractivity contribution in [1.29, 1.82) is 0 Å². The van der Waals surface area contributed by atoms with Crippen LogP contribution >= 0.6 is 0 Å². The fourth-order valence-corrected chi connectivity index (χ4v) is 3.30. The number of halogens is 2. The minimum absolute atomic E-state index is 0.172. The van der Waals surface area contributed by atoms with E-state index in [0.29, 0.717) is 26.2 Å². The Kier molecular flexibility index (Phi) is 5.17. The molecule has 2 N–H and O–H groups in total. The summed E-state index contributed by atoms with van der Waals surface area (Å²) in [5.74, 6) is -2.31. The lowest BCUT2D eigenvalue weighted by molar-refractivity contribution is 0.144. The van der Waals surface area contributed by atoms with Gasteiger partial charge in [0.15, 0.2) is 5.82 Å². The van der Waals surface area contributed by atoms with Crippen LogP contribution in [0.3, 0.4) is 0 Å². The van der Waals surface area contributed by atoms with Gasteiger partial charge in [-0.1, -0.05) is 6.92 Å². The Labute approximate surface area is 153 Å². The molecule has 2 heterocycles. The second kappa shape index (κ2) is 7.39. The molecule has 1 aromatic carbocycles. The average Bonchev–Trinajstić information content (AvgIpc) is 2.64. The van der Waals surface area contributed by atoms with Gasteiger partial charge in [-0.2, -0.15) is 0 Å². The first-order valence-corrected chi connectivity index (χ1v) is 8.50. The van der Waals surface area contributed by atoms with Crippen LogP contribution < -0.4 is 20.5 Å². The van der Waals surface area contributed by atoms with Gasteiger partial charge in [-0.15, -0.1) is 0 Å². The van der Waals surface area contributed by atoms with Gasteiger partial charge >= 0.3 is 6.16 Å². The third-order valence-corrected chi connectivity index (χ3v) is 4.70. The first-order chi connectivity index (χ1) is 12.9. The fraction of sp³-hybridized carbons (Fsp3) is 0.412. The van der Waals surface area contributed by atoms with Crippen molar-refractivity contribution >= 4 is 22.7 Å². The van der Waals surface area contributed by atoms with Gasteiger partial charge in [-0.3, -0.25) is 9.47 Å². The zero-order valence-corrected chi connectivity index (χ0v) is 15.0. The SMILES string of the molecule is CCN1CCN(c2c(F)cc3c(=O)c(OC(=O)O)cn(NC)c3c2F)CC1. The number of anilines is 1. The lowest BCUT2D eigenvalue weighted by atomic mass is 10.1. The number of nitrogens with one attached hydrogen (secondary N) is 1. The molecule has 1 aromatic heterocycles. The van der Waals surface area contributed by atoms with E-state index in [1.165, 1.54) is 7.05 Å². The summed E-state index contributed by atoms with van der Waals surface area (Å²) in [5.41, 5.74) is 1.36. The van der Waals surface area contributed by atoms with E-state index < -0.39 is 29.0 Å². The van der Waals surface area contributed by atoms with Crippen molar-refractivity contribution in [3.8, 4) is 5.75 Å². The van der Waals surface area contributed by atoms with E-state index in [4.69, 9.17) is 5.11 Å². The monoisotopic (exact) mass is 382 g/mol. The molecule has 0 unspecified atom stereocenters. The third-order valence-electron chi connectivity index (χ3n) is 4.70. The van der Waals surface area contributed by atoms with E-state index in [2.05, 4.69) is 15.1 Å². The van der Waals surface area contributed by atoms with Gasteiger partial charge in [-0.05, 0) is 12.6 Å². The normalized spacial score (nSPS) is 15.2. The molecule has 0 amide bonds. The highest BCUT2D eigenvalue weighted by molar-refractivity contribution is 5.86. The molecule has 0 atom stereocenters. The van der Waals surface area contributed by atoms with Crippen LogP contribution in [-0.2, 0) is 0 Å². The van der Waals surface area contributed by atoms with Crippen molar-refractivity contribution < 1.29 is 23.4 Å². The molecule has 1 aliphatic heterocycles. The van der Waals surface area contributed by atoms with Crippen LogP contribution in [-0.4, -0.2) is 60.6 Å². The molecular formula is C17H20F2N4O4. The Hall–Kier alpha value is -2.88. The molecule has 1 fully saturated rings. The van der Waals surface area contributed by atoms with Crippen molar-refractivity contribution in [2.45, 2.75) is 6.92 Å². The molecule has 146 valence electrons. The molecule has 0 spiro atoms. The highest BCUT2D eigenvalue weighted by Crippen LogP contribution is 2.31. The number of ether oxygens (including phenoxy) is 1. The molecule has 8 nitrogen and oxygen atoms in total. The van der Waals surface area contributed by atoms with E-state index >= 15 is 4.39 Å². The standard InChI is InChI=1S/C17H20F2N4O4/c1-3-21-4-6-22(7-5-21)15-11(18)8-10-14(13(15)19)23(20-2)9-12(16(10)24)27-17(25)26/h8-9,20H,3-7H2,1-2H3,(H,25,26). The lowest BCUT2D eigenvalue weighted by Crippen LogP contribution is -2.46. The first-order valence-electron chi connectivity index (χ1n) is 8.50. The summed E-state index contributed by atoms with van der Waals surface area (Å²) in [6.07, 6.45) is -0.668. The van der Waals surface area contributed by atoms with Crippen LogP contribution in [0.25, 0.3) is 10.9 Å². The van der Waals surface area contributed by atoms with Crippen LogP contribution in [0, 0.1) is 11.6 Å². The van der Waals surface area contributed by atoms with Gasteiger partial charge in [0.1, 0.15) is 17.0 Å². The number of rotatable bonds is 4.